The Kier molecular flexibility index (Phi) is 21.1. The number of hydrogen-bond donors (Lipinski definition) is 1. The van der Waals surface area contributed by atoms with E-state index in [9.17, 15) is 13.6 Å². The second-order valence-corrected chi connectivity index (χ2v) is 9.15. The number of rotatable bonds is 21. The van der Waals surface area contributed by atoms with Gasteiger partial charge in [-0.2, -0.15) is 0 Å². The lowest BCUT2D eigenvalue weighted by Gasteiger charge is -2.25. The van der Waals surface area contributed by atoms with Crippen molar-refractivity contribution in [3.05, 3.63) is 0 Å². The van der Waals surface area contributed by atoms with Gasteiger partial charge in [-0.3, -0.25) is 4.21 Å². The van der Waals surface area contributed by atoms with Gasteiger partial charge in [0.1, 0.15) is 6.10 Å². The van der Waals surface area contributed by atoms with Crippen molar-refractivity contribution in [1.82, 2.24) is 5.32 Å². The molecule has 6 nitrogen and oxygen atoms in total. The molecule has 0 aliphatic carbocycles. The molecule has 0 aromatic rings. The standard InChI is InChI=1S/C23H47NO5S/c1-4-5-6-7-8-9-10-11-12-13-14-15-16-17-18-19-20-28-22(30(26)27)21(2)29-23(25)24-3/h21-22H,4-20H2,1-3H3,(H,24,25)(H,26,27)/p-1. The van der Waals surface area contributed by atoms with Gasteiger partial charge < -0.3 is 19.3 Å². The fraction of sp³-hybridized carbons (Fsp3) is 0.957. The van der Waals surface area contributed by atoms with Crippen LogP contribution >= 0.6 is 0 Å². The van der Waals surface area contributed by atoms with Gasteiger partial charge in [-0.05, 0) is 24.4 Å². The first-order chi connectivity index (χ1) is 14.5. The summed E-state index contributed by atoms with van der Waals surface area (Å²) in [6.45, 7) is 4.14. The number of amides is 1. The lowest BCUT2D eigenvalue weighted by atomic mass is 10.0. The highest BCUT2D eigenvalue weighted by Crippen LogP contribution is 2.14. The van der Waals surface area contributed by atoms with E-state index in [0.29, 0.717) is 6.61 Å². The van der Waals surface area contributed by atoms with Crippen LogP contribution in [0, 0.1) is 0 Å². The largest absolute Gasteiger partial charge is 0.770 e. The normalized spacial score (nSPS) is 14.3. The van der Waals surface area contributed by atoms with Crippen LogP contribution in [0.1, 0.15) is 117 Å². The lowest BCUT2D eigenvalue weighted by Crippen LogP contribution is -2.37. The molecule has 0 heterocycles. The van der Waals surface area contributed by atoms with E-state index in [0.717, 1.165) is 19.3 Å². The highest BCUT2D eigenvalue weighted by atomic mass is 32.2. The SMILES string of the molecule is CCCCCCCCCCCCCCCCCCOC(C(C)OC(=O)NC)S(=O)[O-]. The maximum Gasteiger partial charge on any atom is 0.407 e. The molecule has 0 aliphatic rings. The zero-order chi connectivity index (χ0) is 22.5. The average Bonchev–Trinajstić information content (AvgIpc) is 2.72. The Bertz CT molecular complexity index is 422. The molecule has 0 fully saturated rings. The first-order valence-electron chi connectivity index (χ1n) is 12.1. The molecule has 0 aliphatic heterocycles. The number of carbonyl (C=O) groups is 1. The summed E-state index contributed by atoms with van der Waals surface area (Å²) in [6.07, 6.45) is 19.2. The van der Waals surface area contributed by atoms with Crippen LogP contribution in [-0.4, -0.2) is 40.0 Å². The molecule has 30 heavy (non-hydrogen) atoms. The van der Waals surface area contributed by atoms with Crippen molar-refractivity contribution in [1.29, 1.82) is 0 Å². The molecule has 0 saturated carbocycles. The van der Waals surface area contributed by atoms with Crippen molar-refractivity contribution in [3.63, 3.8) is 0 Å². The Balaban J connectivity index is 3.46. The van der Waals surface area contributed by atoms with Crippen LogP contribution in [0.4, 0.5) is 4.79 Å². The minimum atomic E-state index is -2.45. The van der Waals surface area contributed by atoms with Crippen LogP contribution in [-0.2, 0) is 20.6 Å². The maximum absolute atomic E-state index is 11.3. The minimum absolute atomic E-state index is 0.360. The Hall–Kier alpha value is -0.660. The van der Waals surface area contributed by atoms with Gasteiger partial charge in [-0.15, -0.1) is 0 Å². The summed E-state index contributed by atoms with van der Waals surface area (Å²) in [5.41, 5.74) is -1.13. The van der Waals surface area contributed by atoms with Gasteiger partial charge in [-0.25, -0.2) is 4.79 Å². The lowest BCUT2D eigenvalue weighted by molar-refractivity contribution is 0.00340. The van der Waals surface area contributed by atoms with Gasteiger partial charge in [0.05, 0.1) is 0 Å². The van der Waals surface area contributed by atoms with Crippen LogP contribution in [0.3, 0.4) is 0 Å². The Morgan fingerprint density at radius 2 is 1.23 bits per heavy atom. The molecule has 1 N–H and O–H groups in total. The second-order valence-electron chi connectivity index (χ2n) is 8.16. The van der Waals surface area contributed by atoms with Gasteiger partial charge >= 0.3 is 6.09 Å². The Morgan fingerprint density at radius 3 is 1.60 bits per heavy atom. The molecule has 1 amide bonds. The first kappa shape index (κ1) is 29.3. The third kappa shape index (κ3) is 18.1. The summed E-state index contributed by atoms with van der Waals surface area (Å²) in [6, 6.07) is 0. The molecule has 7 heteroatoms. The van der Waals surface area contributed by atoms with Crippen LogP contribution in [0.25, 0.3) is 0 Å². The van der Waals surface area contributed by atoms with Gasteiger partial charge in [-0.1, -0.05) is 103 Å². The molecule has 180 valence electrons. The van der Waals surface area contributed by atoms with E-state index in [-0.39, 0.29) is 0 Å². The van der Waals surface area contributed by atoms with Crippen molar-refractivity contribution in [2.45, 2.75) is 128 Å². The summed E-state index contributed by atoms with van der Waals surface area (Å²) >= 11 is -2.45. The third-order valence-electron chi connectivity index (χ3n) is 5.35. The van der Waals surface area contributed by atoms with Crippen LogP contribution in [0.2, 0.25) is 0 Å². The molecule has 0 aromatic heterocycles. The van der Waals surface area contributed by atoms with E-state index >= 15 is 0 Å². The number of carbonyl (C=O) groups excluding carboxylic acids is 1. The number of hydrogen-bond acceptors (Lipinski definition) is 5. The monoisotopic (exact) mass is 448 g/mol. The van der Waals surface area contributed by atoms with E-state index in [1.165, 1.54) is 97.4 Å². The number of nitrogens with one attached hydrogen (secondary N) is 1. The fourth-order valence-electron chi connectivity index (χ4n) is 3.48. The predicted molar refractivity (Wildman–Crippen MR) is 123 cm³/mol. The average molecular weight is 449 g/mol. The molecular formula is C23H46NO5S-. The fourth-order valence-corrected chi connectivity index (χ4v) is 4.06. The van der Waals surface area contributed by atoms with E-state index in [1.807, 2.05) is 0 Å². The molecular weight excluding hydrogens is 402 g/mol. The minimum Gasteiger partial charge on any atom is -0.770 e. The Morgan fingerprint density at radius 1 is 0.833 bits per heavy atom. The second kappa shape index (κ2) is 21.6. The topological polar surface area (TPSA) is 87.7 Å². The van der Waals surface area contributed by atoms with E-state index in [2.05, 4.69) is 12.2 Å². The van der Waals surface area contributed by atoms with Crippen molar-refractivity contribution in [2.75, 3.05) is 13.7 Å². The van der Waals surface area contributed by atoms with Crippen LogP contribution < -0.4 is 5.32 Å². The third-order valence-corrected chi connectivity index (χ3v) is 6.25. The van der Waals surface area contributed by atoms with Crippen molar-refractivity contribution < 1.29 is 23.0 Å². The molecule has 0 radical (unpaired) electrons. The van der Waals surface area contributed by atoms with E-state index in [1.54, 1.807) is 0 Å². The molecule has 0 saturated heterocycles. The summed E-state index contributed by atoms with van der Waals surface area (Å²) < 4.78 is 32.9. The van der Waals surface area contributed by atoms with E-state index in [4.69, 9.17) is 9.47 Å². The molecule has 0 spiro atoms. The van der Waals surface area contributed by atoms with Crippen LogP contribution in [0.15, 0.2) is 0 Å². The summed E-state index contributed by atoms with van der Waals surface area (Å²) in [4.78, 5) is 11.2. The quantitative estimate of drug-likeness (QED) is 0.166. The maximum atomic E-state index is 11.3. The van der Waals surface area contributed by atoms with Crippen molar-refractivity contribution in [2.24, 2.45) is 0 Å². The zero-order valence-electron chi connectivity index (χ0n) is 19.6. The van der Waals surface area contributed by atoms with Crippen molar-refractivity contribution in [3.8, 4) is 0 Å². The van der Waals surface area contributed by atoms with Gasteiger partial charge in [0, 0.05) is 13.7 Å². The summed E-state index contributed by atoms with van der Waals surface area (Å²) in [7, 11) is 1.43. The first-order valence-corrected chi connectivity index (χ1v) is 13.2. The molecule has 0 bridgehead atoms. The zero-order valence-corrected chi connectivity index (χ0v) is 20.4. The summed E-state index contributed by atoms with van der Waals surface area (Å²) in [5.74, 6) is 0. The molecule has 3 unspecified atom stereocenters. The molecule has 3 atom stereocenters. The summed E-state index contributed by atoms with van der Waals surface area (Å²) in [5, 5.41) is 2.30. The molecule has 0 aromatic carbocycles. The van der Waals surface area contributed by atoms with Crippen LogP contribution in [0.5, 0.6) is 0 Å². The molecule has 0 rings (SSSR count). The highest BCUT2D eigenvalue weighted by Gasteiger charge is 2.22. The van der Waals surface area contributed by atoms with Gasteiger partial charge in [0.25, 0.3) is 0 Å². The Labute approximate surface area is 187 Å². The van der Waals surface area contributed by atoms with Gasteiger partial charge in [0.2, 0.25) is 0 Å². The highest BCUT2D eigenvalue weighted by molar-refractivity contribution is 7.79. The predicted octanol–water partition coefficient (Wildman–Crippen LogP) is 6.21. The van der Waals surface area contributed by atoms with Gasteiger partial charge in [0.15, 0.2) is 5.44 Å². The van der Waals surface area contributed by atoms with E-state index < -0.39 is 28.7 Å². The number of ether oxygens (including phenoxy) is 2. The van der Waals surface area contributed by atoms with Crippen molar-refractivity contribution >= 4 is 17.2 Å². The number of unbranched alkanes of at least 4 members (excludes halogenated alkanes) is 15. The number of alkyl carbamates (subject to hydrolysis) is 1. The smallest absolute Gasteiger partial charge is 0.407 e.